The molecule has 4 heterocycles. The molecule has 0 N–H and O–H groups in total. The fraction of sp³-hybridized carbons (Fsp3) is 0.739. The van der Waals surface area contributed by atoms with E-state index in [-0.39, 0.29) is 48.5 Å². The first-order valence-electron chi connectivity index (χ1n) is 12.8. The molecule has 2 bridgehead atoms. The van der Waals surface area contributed by atoms with Gasteiger partial charge in [0.25, 0.3) is 0 Å². The van der Waals surface area contributed by atoms with Crippen molar-refractivity contribution in [3.8, 4) is 0 Å². The van der Waals surface area contributed by atoms with E-state index in [0.29, 0.717) is 13.2 Å². The molecule has 1 aromatic carbocycles. The van der Waals surface area contributed by atoms with Gasteiger partial charge in [0.1, 0.15) is 12.2 Å². The van der Waals surface area contributed by atoms with Crippen LogP contribution in [0.2, 0.25) is 5.01 Å². The fourth-order valence-electron chi connectivity index (χ4n) is 5.07. The highest BCUT2D eigenvalue weighted by Gasteiger charge is 2.52. The number of azide groups is 1. The normalized spacial score (nSPS) is 40.1. The standard InChI is InChI=1S/C22H29N3O6.CB6/c1-11-12(2)20(30-19-13(3)17(24-25-23)22-27-10-16(19)29-22)28-15-9-26-21(31-18(11)15)14-7-5-4-6-8-14;2-1(3,4)7(5)6/h4-8,11-13,15-22H,9-10H2,1-3H3;/t11-,12?,13-,15+,16?,17?,18+,19+,20+,21?,22-;/m1./s1. The molecule has 190 valence electrons. The van der Waals surface area contributed by atoms with Crippen LogP contribution in [0, 0.1) is 17.8 Å². The average molecular weight is 508 g/mol. The third kappa shape index (κ3) is 6.52. The van der Waals surface area contributed by atoms with Gasteiger partial charge in [-0.25, -0.2) is 0 Å². The lowest BCUT2D eigenvalue weighted by molar-refractivity contribution is -0.355. The van der Waals surface area contributed by atoms with E-state index in [2.05, 4.69) is 23.9 Å². The van der Waals surface area contributed by atoms with E-state index in [1.165, 1.54) is 0 Å². The van der Waals surface area contributed by atoms with Crippen LogP contribution in [-0.2, 0) is 28.4 Å². The Balaban J connectivity index is 0.000000426. The molecule has 10 radical (unpaired) electrons. The van der Waals surface area contributed by atoms with E-state index in [1.807, 2.05) is 37.3 Å². The van der Waals surface area contributed by atoms with Crippen LogP contribution in [-0.4, -0.2) is 102 Å². The van der Waals surface area contributed by atoms with Gasteiger partial charge in [-0.3, -0.25) is 0 Å². The van der Waals surface area contributed by atoms with E-state index in [1.54, 1.807) is 0 Å². The summed E-state index contributed by atoms with van der Waals surface area (Å²) < 4.78 is 36.7. The smallest absolute Gasteiger partial charge is 0.184 e. The molecule has 11 atom stereocenters. The van der Waals surface area contributed by atoms with Crippen molar-refractivity contribution in [1.82, 2.24) is 0 Å². The Bertz CT molecular complexity index is 969. The van der Waals surface area contributed by atoms with E-state index in [9.17, 15) is 0 Å². The SMILES string of the molecule is CC1[C@H](O[C@@H]2C3CO[C@H](O3)C(N=[N+]=[N-])[C@H]2C)O[C@H]2COC(c3ccccc3)O[C@H]2[C@@H]1C.[B]B([B])C([B])([B])[B]. The summed E-state index contributed by atoms with van der Waals surface area (Å²) in [5.41, 5.74) is 9.94. The van der Waals surface area contributed by atoms with Crippen molar-refractivity contribution in [3.05, 3.63) is 46.3 Å². The molecular weight excluding hydrogens is 479 g/mol. The molecule has 0 amide bonds. The fourth-order valence-corrected chi connectivity index (χ4v) is 5.07. The predicted octanol–water partition coefficient (Wildman–Crippen LogP) is 1.48. The average Bonchev–Trinajstić information content (AvgIpc) is 3.33. The van der Waals surface area contributed by atoms with Gasteiger partial charge in [-0.1, -0.05) is 56.2 Å². The van der Waals surface area contributed by atoms with Crippen molar-refractivity contribution in [1.29, 1.82) is 0 Å². The predicted molar refractivity (Wildman–Crippen MR) is 146 cm³/mol. The molecule has 4 unspecified atom stereocenters. The van der Waals surface area contributed by atoms with Gasteiger partial charge in [0.15, 0.2) is 18.9 Å². The van der Waals surface area contributed by atoms with Crippen molar-refractivity contribution in [2.24, 2.45) is 22.9 Å². The largest absolute Gasteiger partial charge is 0.349 e. The summed E-state index contributed by atoms with van der Waals surface area (Å²) in [5, 5.41) is 2.45. The van der Waals surface area contributed by atoms with Crippen LogP contribution in [0.1, 0.15) is 32.6 Å². The van der Waals surface area contributed by atoms with Crippen LogP contribution in [0.5, 0.6) is 0 Å². The molecule has 4 aliphatic rings. The van der Waals surface area contributed by atoms with Gasteiger partial charge in [0.2, 0.25) is 0 Å². The van der Waals surface area contributed by atoms with E-state index in [4.69, 9.17) is 73.0 Å². The Morgan fingerprint density at radius 3 is 2.24 bits per heavy atom. The second-order valence-corrected chi connectivity index (χ2v) is 10.5. The molecule has 4 fully saturated rings. The third-order valence-corrected chi connectivity index (χ3v) is 7.71. The van der Waals surface area contributed by atoms with Crippen LogP contribution in [0.3, 0.4) is 0 Å². The zero-order valence-electron chi connectivity index (χ0n) is 21.9. The molecule has 15 heteroatoms. The van der Waals surface area contributed by atoms with Crippen LogP contribution in [0.25, 0.3) is 10.4 Å². The number of nitrogens with zero attached hydrogens (tertiary/aromatic N) is 3. The van der Waals surface area contributed by atoms with Crippen molar-refractivity contribution in [2.45, 2.75) is 75.1 Å². The Hall–Kier alpha value is -1.32. The maximum atomic E-state index is 8.93. The Morgan fingerprint density at radius 2 is 1.61 bits per heavy atom. The monoisotopic (exact) mass is 509 g/mol. The molecule has 0 aliphatic carbocycles. The van der Waals surface area contributed by atoms with Crippen LogP contribution in [0.4, 0.5) is 0 Å². The van der Waals surface area contributed by atoms with Crippen LogP contribution < -0.4 is 0 Å². The Kier molecular flexibility index (Phi) is 9.73. The summed E-state index contributed by atoms with van der Waals surface area (Å²) in [7, 11) is 24.9. The van der Waals surface area contributed by atoms with E-state index in [0.717, 1.165) is 5.56 Å². The maximum absolute atomic E-state index is 8.93. The molecule has 4 aliphatic heterocycles. The first-order chi connectivity index (χ1) is 18.0. The quantitative estimate of drug-likeness (QED) is 0.258. The zero-order chi connectivity index (χ0) is 27.6. The van der Waals surface area contributed by atoms with Gasteiger partial charge in [-0.15, -0.1) is 0 Å². The molecule has 0 aromatic heterocycles. The zero-order valence-corrected chi connectivity index (χ0v) is 21.9. The molecule has 5 rings (SSSR count). The van der Waals surface area contributed by atoms with Gasteiger partial charge in [0.05, 0.1) is 31.5 Å². The summed E-state index contributed by atoms with van der Waals surface area (Å²) in [6, 6.07) is 9.54. The van der Waals surface area contributed by atoms with Crippen molar-refractivity contribution < 1.29 is 28.4 Å². The second kappa shape index (κ2) is 12.5. The van der Waals surface area contributed by atoms with Gasteiger partial charge in [-0.05, 0) is 17.4 Å². The molecule has 4 saturated heterocycles. The van der Waals surface area contributed by atoms with Gasteiger partial charge in [-0.2, -0.15) is 5.01 Å². The van der Waals surface area contributed by atoms with Crippen molar-refractivity contribution >= 4 is 45.5 Å². The summed E-state index contributed by atoms with van der Waals surface area (Å²) in [5.74, 6) is 0.257. The number of rotatable bonds is 5. The first-order valence-corrected chi connectivity index (χ1v) is 12.8. The van der Waals surface area contributed by atoms with E-state index < -0.39 is 30.1 Å². The summed E-state index contributed by atoms with van der Waals surface area (Å²) in [6.07, 6.45) is -2.10. The number of benzene rings is 1. The van der Waals surface area contributed by atoms with Crippen molar-refractivity contribution in [2.75, 3.05) is 13.2 Å². The first kappa shape index (κ1) is 29.7. The molecule has 9 nitrogen and oxygen atoms in total. The van der Waals surface area contributed by atoms with Crippen LogP contribution >= 0.6 is 0 Å². The Morgan fingerprint density at radius 1 is 0.947 bits per heavy atom. The minimum Gasteiger partial charge on any atom is -0.349 e. The molecular formula is C23H29B6N3O6. The van der Waals surface area contributed by atoms with Gasteiger partial charge < -0.3 is 28.4 Å². The van der Waals surface area contributed by atoms with Crippen LogP contribution in [0.15, 0.2) is 35.4 Å². The summed E-state index contributed by atoms with van der Waals surface area (Å²) in [6.45, 7) is 6.30. The topological polar surface area (TPSA) is 104 Å². The number of hydrogen-bond donors (Lipinski definition) is 0. The highest BCUT2D eigenvalue weighted by atomic mass is 16.8. The highest BCUT2D eigenvalue weighted by molar-refractivity contribution is 7.36. The maximum Gasteiger partial charge on any atom is 0.184 e. The number of hydrogen-bond acceptors (Lipinski definition) is 7. The molecule has 38 heavy (non-hydrogen) atoms. The lowest BCUT2D eigenvalue weighted by Gasteiger charge is -2.49. The molecule has 0 spiro atoms. The summed E-state index contributed by atoms with van der Waals surface area (Å²) in [4.78, 5) is 2.97. The molecule has 0 saturated carbocycles. The van der Waals surface area contributed by atoms with Gasteiger partial charge in [0, 0.05) is 61.9 Å². The van der Waals surface area contributed by atoms with Crippen molar-refractivity contribution in [3.63, 3.8) is 0 Å². The highest BCUT2D eigenvalue weighted by Crippen LogP contribution is 2.42. The van der Waals surface area contributed by atoms with E-state index >= 15 is 0 Å². The lowest BCUT2D eigenvalue weighted by Crippen LogP contribution is -2.58. The number of fused-ring (bicyclic) bond motifs is 3. The Labute approximate surface area is 231 Å². The minimum absolute atomic E-state index is 0.0488. The summed E-state index contributed by atoms with van der Waals surface area (Å²) >= 11 is 0. The van der Waals surface area contributed by atoms with Gasteiger partial charge >= 0.3 is 0 Å². The number of ether oxygens (including phenoxy) is 6. The minimum atomic E-state index is -1.44. The lowest BCUT2D eigenvalue weighted by atomic mass is 8.99. The second-order valence-electron chi connectivity index (χ2n) is 10.5. The molecule has 1 aromatic rings. The third-order valence-electron chi connectivity index (χ3n) is 7.71.